The molecule has 0 spiro atoms. The van der Waals surface area contributed by atoms with Gasteiger partial charge in [-0.05, 0) is 36.1 Å². The Kier molecular flexibility index (Phi) is 3.10. The largest absolute Gasteiger partial charge is 0.382 e. The summed E-state index contributed by atoms with van der Waals surface area (Å²) < 4.78 is 0. The fourth-order valence-corrected chi connectivity index (χ4v) is 3.16. The maximum atomic E-state index is 6.12. The van der Waals surface area contributed by atoms with E-state index < -0.39 is 0 Å². The predicted octanol–water partition coefficient (Wildman–Crippen LogP) is 1.60. The van der Waals surface area contributed by atoms with Gasteiger partial charge in [-0.1, -0.05) is 24.8 Å². The lowest BCUT2D eigenvalue weighted by molar-refractivity contribution is 0.414. The van der Waals surface area contributed by atoms with Gasteiger partial charge in [-0.15, -0.1) is 0 Å². The first-order chi connectivity index (χ1) is 8.74. The zero-order valence-corrected chi connectivity index (χ0v) is 10.7. The van der Waals surface area contributed by atoms with E-state index in [-0.39, 0.29) is 6.04 Å². The molecule has 2 heterocycles. The Morgan fingerprint density at radius 3 is 3.06 bits per heavy atom. The standard InChI is InChI=1S/C15H21N3/c1-10-7-12(16)8-15(18-10)14-4-2-3-11-9-17-6-5-13(11)14/h2-4,12,15,17-18H,1,5-9,16H2. The number of benzene rings is 1. The van der Waals surface area contributed by atoms with Crippen molar-refractivity contribution in [1.82, 2.24) is 10.6 Å². The number of piperidine rings is 1. The van der Waals surface area contributed by atoms with E-state index in [1.165, 1.54) is 16.7 Å². The maximum Gasteiger partial charge on any atom is 0.0528 e. The molecule has 0 aromatic heterocycles. The van der Waals surface area contributed by atoms with Crippen LogP contribution in [0, 0.1) is 0 Å². The summed E-state index contributed by atoms with van der Waals surface area (Å²) in [5.74, 6) is 0. The van der Waals surface area contributed by atoms with Gasteiger partial charge in [-0.3, -0.25) is 0 Å². The molecule has 2 aliphatic rings. The van der Waals surface area contributed by atoms with Gasteiger partial charge >= 0.3 is 0 Å². The molecule has 0 saturated carbocycles. The first-order valence-electron chi connectivity index (χ1n) is 6.75. The number of rotatable bonds is 1. The molecule has 96 valence electrons. The highest BCUT2D eigenvalue weighted by molar-refractivity contribution is 5.39. The van der Waals surface area contributed by atoms with Crippen LogP contribution in [0.2, 0.25) is 0 Å². The lowest BCUT2D eigenvalue weighted by atomic mass is 9.86. The third kappa shape index (κ3) is 2.16. The van der Waals surface area contributed by atoms with Gasteiger partial charge in [-0.2, -0.15) is 0 Å². The minimum Gasteiger partial charge on any atom is -0.382 e. The molecule has 0 radical (unpaired) electrons. The number of nitrogens with one attached hydrogen (secondary N) is 2. The van der Waals surface area contributed by atoms with Gasteiger partial charge in [0.2, 0.25) is 0 Å². The molecule has 0 aliphatic carbocycles. The molecular weight excluding hydrogens is 222 g/mol. The SMILES string of the molecule is C=C1CC(N)CC(c2cccc3c2CCNC3)N1. The Bertz CT molecular complexity index is 467. The summed E-state index contributed by atoms with van der Waals surface area (Å²) >= 11 is 0. The van der Waals surface area contributed by atoms with Crippen LogP contribution in [0.3, 0.4) is 0 Å². The van der Waals surface area contributed by atoms with Crippen LogP contribution in [0.5, 0.6) is 0 Å². The Labute approximate surface area is 108 Å². The van der Waals surface area contributed by atoms with E-state index in [2.05, 4.69) is 35.4 Å². The van der Waals surface area contributed by atoms with Crippen LogP contribution >= 0.6 is 0 Å². The molecule has 1 saturated heterocycles. The molecule has 1 fully saturated rings. The molecule has 2 aliphatic heterocycles. The van der Waals surface area contributed by atoms with Crippen LogP contribution in [-0.2, 0) is 13.0 Å². The van der Waals surface area contributed by atoms with Crippen LogP contribution in [0.25, 0.3) is 0 Å². The lowest BCUT2D eigenvalue weighted by Crippen LogP contribution is -2.38. The zero-order valence-electron chi connectivity index (χ0n) is 10.7. The summed E-state index contributed by atoms with van der Waals surface area (Å²) in [4.78, 5) is 0. The van der Waals surface area contributed by atoms with E-state index in [0.717, 1.165) is 38.0 Å². The van der Waals surface area contributed by atoms with Crippen molar-refractivity contribution in [3.05, 3.63) is 47.2 Å². The lowest BCUT2D eigenvalue weighted by Gasteiger charge is -2.33. The van der Waals surface area contributed by atoms with E-state index >= 15 is 0 Å². The van der Waals surface area contributed by atoms with E-state index in [1.54, 1.807) is 0 Å². The fourth-order valence-electron chi connectivity index (χ4n) is 3.16. The molecule has 0 bridgehead atoms. The summed E-state index contributed by atoms with van der Waals surface area (Å²) in [7, 11) is 0. The predicted molar refractivity (Wildman–Crippen MR) is 74.1 cm³/mol. The van der Waals surface area contributed by atoms with Gasteiger partial charge in [0.15, 0.2) is 0 Å². The van der Waals surface area contributed by atoms with Gasteiger partial charge in [0, 0.05) is 24.7 Å². The quantitative estimate of drug-likeness (QED) is 0.702. The average Bonchev–Trinajstić information content (AvgIpc) is 2.37. The van der Waals surface area contributed by atoms with Gasteiger partial charge in [0.1, 0.15) is 0 Å². The van der Waals surface area contributed by atoms with Crippen molar-refractivity contribution in [3.63, 3.8) is 0 Å². The molecule has 18 heavy (non-hydrogen) atoms. The van der Waals surface area contributed by atoms with Crippen LogP contribution < -0.4 is 16.4 Å². The second-order valence-corrected chi connectivity index (χ2v) is 5.41. The Morgan fingerprint density at radius 1 is 1.33 bits per heavy atom. The van der Waals surface area contributed by atoms with Gasteiger partial charge < -0.3 is 16.4 Å². The van der Waals surface area contributed by atoms with E-state index in [4.69, 9.17) is 5.73 Å². The van der Waals surface area contributed by atoms with Crippen LogP contribution in [0.4, 0.5) is 0 Å². The fraction of sp³-hybridized carbons (Fsp3) is 0.467. The van der Waals surface area contributed by atoms with Gasteiger partial charge in [-0.25, -0.2) is 0 Å². The molecule has 3 rings (SSSR count). The molecule has 3 heteroatoms. The Morgan fingerprint density at radius 2 is 2.22 bits per heavy atom. The van der Waals surface area contributed by atoms with E-state index in [0.29, 0.717) is 6.04 Å². The highest BCUT2D eigenvalue weighted by Gasteiger charge is 2.25. The van der Waals surface area contributed by atoms with Crippen molar-refractivity contribution >= 4 is 0 Å². The summed E-state index contributed by atoms with van der Waals surface area (Å²) in [5.41, 5.74) is 11.6. The van der Waals surface area contributed by atoms with Crippen molar-refractivity contribution < 1.29 is 0 Å². The third-order valence-electron chi connectivity index (χ3n) is 3.98. The summed E-state index contributed by atoms with van der Waals surface area (Å²) in [6.45, 7) is 6.11. The summed E-state index contributed by atoms with van der Waals surface area (Å²) in [5, 5.41) is 6.94. The number of fused-ring (bicyclic) bond motifs is 1. The second kappa shape index (κ2) is 4.75. The first kappa shape index (κ1) is 11.8. The Hall–Kier alpha value is -1.32. The van der Waals surface area contributed by atoms with Crippen LogP contribution in [0.15, 0.2) is 30.5 Å². The van der Waals surface area contributed by atoms with Gasteiger partial charge in [0.25, 0.3) is 0 Å². The summed E-state index contributed by atoms with van der Waals surface area (Å²) in [6.07, 6.45) is 3.02. The molecule has 0 amide bonds. The minimum atomic E-state index is 0.237. The molecule has 2 unspecified atom stereocenters. The number of hydrogen-bond acceptors (Lipinski definition) is 3. The first-order valence-corrected chi connectivity index (χ1v) is 6.75. The Balaban J connectivity index is 1.94. The maximum absolute atomic E-state index is 6.12. The normalized spacial score (nSPS) is 27.5. The van der Waals surface area contributed by atoms with Crippen molar-refractivity contribution in [2.75, 3.05) is 6.54 Å². The van der Waals surface area contributed by atoms with E-state index in [9.17, 15) is 0 Å². The summed E-state index contributed by atoms with van der Waals surface area (Å²) in [6, 6.07) is 7.21. The molecule has 1 aromatic carbocycles. The molecule has 3 nitrogen and oxygen atoms in total. The van der Waals surface area contributed by atoms with Gasteiger partial charge in [0.05, 0.1) is 6.04 Å². The monoisotopic (exact) mass is 243 g/mol. The number of nitrogens with two attached hydrogens (primary N) is 1. The topological polar surface area (TPSA) is 50.1 Å². The van der Waals surface area contributed by atoms with Crippen molar-refractivity contribution in [3.8, 4) is 0 Å². The van der Waals surface area contributed by atoms with E-state index in [1.807, 2.05) is 0 Å². The molecule has 1 aromatic rings. The van der Waals surface area contributed by atoms with Crippen LogP contribution in [0.1, 0.15) is 35.6 Å². The highest BCUT2D eigenvalue weighted by Crippen LogP contribution is 2.31. The smallest absolute Gasteiger partial charge is 0.0528 e. The molecular formula is C15H21N3. The van der Waals surface area contributed by atoms with Crippen molar-refractivity contribution in [2.24, 2.45) is 5.73 Å². The second-order valence-electron chi connectivity index (χ2n) is 5.41. The molecule has 2 atom stereocenters. The zero-order chi connectivity index (χ0) is 12.5. The number of hydrogen-bond donors (Lipinski definition) is 3. The van der Waals surface area contributed by atoms with Crippen molar-refractivity contribution in [2.45, 2.75) is 37.9 Å². The molecule has 4 N–H and O–H groups in total. The third-order valence-corrected chi connectivity index (χ3v) is 3.98. The van der Waals surface area contributed by atoms with Crippen molar-refractivity contribution in [1.29, 1.82) is 0 Å². The van der Waals surface area contributed by atoms with Crippen LogP contribution in [-0.4, -0.2) is 12.6 Å². The highest BCUT2D eigenvalue weighted by atomic mass is 15.0. The average molecular weight is 243 g/mol. The minimum absolute atomic E-state index is 0.237.